The molecule has 8 heteroatoms. The number of phosphoric acid groups is 1. The van der Waals surface area contributed by atoms with E-state index in [2.05, 4.69) is 25.7 Å². The molecule has 0 rings (SSSR count). The lowest BCUT2D eigenvalue weighted by Crippen LogP contribution is -2.21. The van der Waals surface area contributed by atoms with Gasteiger partial charge in [0.05, 0.1) is 6.07 Å². The Labute approximate surface area is 104 Å². The standard InChI is InChI=1S/C6H15N.C2H3N.CH4O.H3O4P/c1-4-7(5-2)6-3;1-2-3;1-2;1-5(2,3)4/h4-6H2,1-3H3;1H3;2H,1H3;(H3,1,2,3,4). The molecule has 0 saturated carbocycles. The zero-order valence-corrected chi connectivity index (χ0v) is 12.1. The summed E-state index contributed by atoms with van der Waals surface area (Å²) in [6.07, 6.45) is 0. The van der Waals surface area contributed by atoms with Gasteiger partial charge < -0.3 is 24.7 Å². The number of aliphatic hydroxyl groups excluding tert-OH is 1. The molecule has 7 nitrogen and oxygen atoms in total. The van der Waals surface area contributed by atoms with Crippen molar-refractivity contribution in [1.82, 2.24) is 4.90 Å². The number of aliphatic hydroxyl groups is 1. The van der Waals surface area contributed by atoms with Gasteiger partial charge in [-0.2, -0.15) is 5.26 Å². The zero-order chi connectivity index (χ0) is 14.9. The van der Waals surface area contributed by atoms with Crippen LogP contribution < -0.4 is 0 Å². The highest BCUT2D eigenvalue weighted by atomic mass is 31.2. The summed E-state index contributed by atoms with van der Waals surface area (Å²) in [5.74, 6) is 0. The fourth-order valence-corrected chi connectivity index (χ4v) is 0.671. The molecule has 17 heavy (non-hydrogen) atoms. The molecule has 0 heterocycles. The maximum Gasteiger partial charge on any atom is 0.466 e. The Morgan fingerprint density at radius 1 is 1.06 bits per heavy atom. The molecule has 0 bridgehead atoms. The monoisotopic (exact) mass is 272 g/mol. The third-order valence-corrected chi connectivity index (χ3v) is 1.34. The highest BCUT2D eigenvalue weighted by molar-refractivity contribution is 7.45. The molecule has 106 valence electrons. The van der Waals surface area contributed by atoms with Gasteiger partial charge >= 0.3 is 7.82 Å². The average molecular weight is 272 g/mol. The predicted molar refractivity (Wildman–Crippen MR) is 67.2 cm³/mol. The van der Waals surface area contributed by atoms with Crippen molar-refractivity contribution in [3.05, 3.63) is 0 Å². The first-order chi connectivity index (χ1) is 7.76. The third-order valence-electron chi connectivity index (χ3n) is 1.34. The quantitative estimate of drug-likeness (QED) is 0.553. The van der Waals surface area contributed by atoms with Gasteiger partial charge in [0, 0.05) is 14.0 Å². The minimum atomic E-state index is -4.64. The van der Waals surface area contributed by atoms with Crippen LogP contribution in [0.15, 0.2) is 0 Å². The summed E-state index contributed by atoms with van der Waals surface area (Å²) < 4.78 is 8.88. The normalized spacial score (nSPS) is 8.53. The fraction of sp³-hybridized carbons (Fsp3) is 0.889. The number of hydrogen-bond donors (Lipinski definition) is 4. The van der Waals surface area contributed by atoms with E-state index in [1.54, 1.807) is 6.07 Å². The highest BCUT2D eigenvalue weighted by Crippen LogP contribution is 2.25. The van der Waals surface area contributed by atoms with Crippen LogP contribution in [-0.4, -0.2) is 51.4 Å². The first-order valence-corrected chi connectivity index (χ1v) is 6.59. The van der Waals surface area contributed by atoms with E-state index in [9.17, 15) is 0 Å². The number of nitrogens with zero attached hydrogens (tertiary/aromatic N) is 2. The van der Waals surface area contributed by atoms with Crippen LogP contribution in [0.3, 0.4) is 0 Å². The van der Waals surface area contributed by atoms with Crippen molar-refractivity contribution in [2.24, 2.45) is 0 Å². The minimum Gasteiger partial charge on any atom is -0.400 e. The molecule has 0 aliphatic rings. The second-order valence-corrected chi connectivity index (χ2v) is 3.38. The van der Waals surface area contributed by atoms with E-state index in [1.165, 1.54) is 26.6 Å². The van der Waals surface area contributed by atoms with Gasteiger partial charge in [-0.1, -0.05) is 20.8 Å². The molecule has 0 aromatic rings. The van der Waals surface area contributed by atoms with Gasteiger partial charge in [0.1, 0.15) is 0 Å². The zero-order valence-electron chi connectivity index (χ0n) is 11.2. The third kappa shape index (κ3) is 93.1. The Morgan fingerprint density at radius 3 is 1.18 bits per heavy atom. The van der Waals surface area contributed by atoms with Crippen molar-refractivity contribution >= 4 is 7.82 Å². The van der Waals surface area contributed by atoms with Crippen molar-refractivity contribution in [3.8, 4) is 6.07 Å². The molecule has 0 aliphatic heterocycles. The van der Waals surface area contributed by atoms with Crippen LogP contribution >= 0.6 is 7.82 Å². The second-order valence-electron chi connectivity index (χ2n) is 2.36. The fourth-order valence-electron chi connectivity index (χ4n) is 0.671. The Balaban J connectivity index is -0.0000000743. The van der Waals surface area contributed by atoms with Crippen LogP contribution in [0.4, 0.5) is 0 Å². The van der Waals surface area contributed by atoms with Gasteiger partial charge in [0.25, 0.3) is 0 Å². The minimum absolute atomic E-state index is 1.00. The highest BCUT2D eigenvalue weighted by Gasteiger charge is 2.00. The molecule has 4 N–H and O–H groups in total. The lowest BCUT2D eigenvalue weighted by molar-refractivity contribution is 0.275. The smallest absolute Gasteiger partial charge is 0.400 e. The Morgan fingerprint density at radius 2 is 1.18 bits per heavy atom. The van der Waals surface area contributed by atoms with Gasteiger partial charge in [0.15, 0.2) is 0 Å². The number of hydrogen-bond acceptors (Lipinski definition) is 4. The first kappa shape index (κ1) is 25.4. The van der Waals surface area contributed by atoms with Crippen LogP contribution in [-0.2, 0) is 4.57 Å². The van der Waals surface area contributed by atoms with Gasteiger partial charge in [-0.25, -0.2) is 4.57 Å². The van der Waals surface area contributed by atoms with E-state index in [0.29, 0.717) is 0 Å². The summed E-state index contributed by atoms with van der Waals surface area (Å²) in [6, 6.07) is 1.75. The van der Waals surface area contributed by atoms with E-state index in [4.69, 9.17) is 29.6 Å². The summed E-state index contributed by atoms with van der Waals surface area (Å²) in [5, 5.41) is 14.3. The lowest BCUT2D eigenvalue weighted by Gasteiger charge is -2.13. The Kier molecular flexibility index (Phi) is 31.2. The average Bonchev–Trinajstić information content (AvgIpc) is 2.22. The lowest BCUT2D eigenvalue weighted by atomic mass is 10.5. The Bertz CT molecular complexity index is 184. The van der Waals surface area contributed by atoms with Crippen molar-refractivity contribution in [1.29, 1.82) is 5.26 Å². The SMILES string of the molecule is CC#N.CCN(CC)CC.CO.O=P(O)(O)O. The van der Waals surface area contributed by atoms with Crippen LogP contribution in [0.25, 0.3) is 0 Å². The summed E-state index contributed by atoms with van der Waals surface area (Å²) in [7, 11) is -3.64. The molecular formula is C9H25N2O5P. The molecule has 0 atom stereocenters. The molecule has 0 unspecified atom stereocenters. The van der Waals surface area contributed by atoms with Gasteiger partial charge in [-0.3, -0.25) is 0 Å². The van der Waals surface area contributed by atoms with Gasteiger partial charge in [-0.15, -0.1) is 0 Å². The second kappa shape index (κ2) is 20.9. The van der Waals surface area contributed by atoms with Gasteiger partial charge in [-0.05, 0) is 19.6 Å². The number of rotatable bonds is 3. The maximum absolute atomic E-state index is 8.88. The van der Waals surface area contributed by atoms with Crippen LogP contribution in [0, 0.1) is 11.3 Å². The molecule has 0 fully saturated rings. The van der Waals surface area contributed by atoms with Crippen LogP contribution in [0.5, 0.6) is 0 Å². The van der Waals surface area contributed by atoms with E-state index in [-0.39, 0.29) is 0 Å². The van der Waals surface area contributed by atoms with E-state index in [1.807, 2.05) is 0 Å². The molecule has 0 aromatic carbocycles. The molecule has 0 saturated heterocycles. The summed E-state index contributed by atoms with van der Waals surface area (Å²) >= 11 is 0. The largest absolute Gasteiger partial charge is 0.466 e. The van der Waals surface area contributed by atoms with E-state index >= 15 is 0 Å². The predicted octanol–water partition coefficient (Wildman–Crippen LogP) is 0.558. The first-order valence-electron chi connectivity index (χ1n) is 5.02. The van der Waals surface area contributed by atoms with Crippen molar-refractivity contribution in [3.63, 3.8) is 0 Å². The van der Waals surface area contributed by atoms with Crippen molar-refractivity contribution in [2.45, 2.75) is 27.7 Å². The molecule has 0 amide bonds. The van der Waals surface area contributed by atoms with E-state index < -0.39 is 7.82 Å². The van der Waals surface area contributed by atoms with Crippen molar-refractivity contribution < 1.29 is 24.4 Å². The molecular weight excluding hydrogens is 247 g/mol. The van der Waals surface area contributed by atoms with Crippen molar-refractivity contribution in [2.75, 3.05) is 26.7 Å². The van der Waals surface area contributed by atoms with E-state index in [0.717, 1.165) is 7.11 Å². The molecule has 0 radical (unpaired) electrons. The van der Waals surface area contributed by atoms with Crippen LogP contribution in [0.1, 0.15) is 27.7 Å². The molecule has 0 aliphatic carbocycles. The topological polar surface area (TPSA) is 125 Å². The molecule has 0 spiro atoms. The van der Waals surface area contributed by atoms with Crippen LogP contribution in [0.2, 0.25) is 0 Å². The summed E-state index contributed by atoms with van der Waals surface area (Å²) in [5.41, 5.74) is 0. The Hall–Kier alpha value is -0.480. The maximum atomic E-state index is 8.88. The number of nitriles is 1. The summed E-state index contributed by atoms with van der Waals surface area (Å²) in [6.45, 7) is 11.6. The van der Waals surface area contributed by atoms with Gasteiger partial charge in [0.2, 0.25) is 0 Å². The summed E-state index contributed by atoms with van der Waals surface area (Å²) in [4.78, 5) is 23.9. The molecule has 0 aromatic heterocycles.